The molecule has 2 nitrogen and oxygen atoms in total. The van der Waals surface area contributed by atoms with Crippen LogP contribution in [0.1, 0.15) is 11.1 Å². The number of hydrogen-bond acceptors (Lipinski definition) is 2. The molecule has 0 unspecified atom stereocenters. The zero-order chi connectivity index (χ0) is 13.7. The third-order valence-corrected chi connectivity index (χ3v) is 3.09. The predicted molar refractivity (Wildman–Crippen MR) is 79.5 cm³/mol. The van der Waals surface area contributed by atoms with Crippen molar-refractivity contribution in [1.29, 1.82) is 5.26 Å². The first-order valence-corrected chi connectivity index (χ1v) is 6.58. The highest BCUT2D eigenvalue weighted by atomic mass is 35.5. The maximum absolute atomic E-state index is 8.60. The third-order valence-electron chi connectivity index (χ3n) is 2.66. The molecule has 0 amide bonds. The van der Waals surface area contributed by atoms with E-state index in [0.717, 1.165) is 16.8 Å². The summed E-state index contributed by atoms with van der Waals surface area (Å²) in [7, 11) is 0. The number of halogens is 2. The van der Waals surface area contributed by atoms with Gasteiger partial charge >= 0.3 is 0 Å². The second-order valence-corrected chi connectivity index (χ2v) is 5.04. The summed E-state index contributed by atoms with van der Waals surface area (Å²) in [5.41, 5.74) is 3.04. The third kappa shape index (κ3) is 4.17. The number of nitriles is 1. The first-order valence-electron chi connectivity index (χ1n) is 5.82. The van der Waals surface area contributed by atoms with Crippen LogP contribution in [0.3, 0.4) is 0 Å². The Morgan fingerprint density at radius 1 is 0.947 bits per heavy atom. The van der Waals surface area contributed by atoms with Gasteiger partial charge in [0.05, 0.1) is 12.5 Å². The average Bonchev–Trinajstić information content (AvgIpc) is 2.37. The van der Waals surface area contributed by atoms with Crippen molar-refractivity contribution >= 4 is 28.9 Å². The van der Waals surface area contributed by atoms with Gasteiger partial charge in [-0.2, -0.15) is 5.26 Å². The minimum atomic E-state index is 0.435. The van der Waals surface area contributed by atoms with Gasteiger partial charge < -0.3 is 5.32 Å². The lowest BCUT2D eigenvalue weighted by molar-refractivity contribution is 1.15. The Bertz CT molecular complexity index is 580. The fraction of sp³-hybridized carbons (Fsp3) is 0.133. The molecule has 96 valence electrons. The molecule has 2 rings (SSSR count). The van der Waals surface area contributed by atoms with Crippen molar-refractivity contribution in [2.45, 2.75) is 13.0 Å². The summed E-state index contributed by atoms with van der Waals surface area (Å²) in [6.07, 6.45) is 0.435. The lowest BCUT2D eigenvalue weighted by atomic mass is 10.1. The second kappa shape index (κ2) is 6.47. The van der Waals surface area contributed by atoms with Gasteiger partial charge in [0, 0.05) is 22.3 Å². The Kier molecular flexibility index (Phi) is 4.68. The van der Waals surface area contributed by atoms with Crippen LogP contribution in [-0.2, 0) is 13.0 Å². The smallest absolute Gasteiger partial charge is 0.0669 e. The van der Waals surface area contributed by atoms with Gasteiger partial charge in [0.1, 0.15) is 0 Å². The largest absolute Gasteiger partial charge is 0.381 e. The second-order valence-electron chi connectivity index (χ2n) is 4.16. The monoisotopic (exact) mass is 290 g/mol. The van der Waals surface area contributed by atoms with Gasteiger partial charge in [-0.25, -0.2) is 0 Å². The van der Waals surface area contributed by atoms with Gasteiger partial charge in [0.2, 0.25) is 0 Å². The van der Waals surface area contributed by atoms with E-state index in [1.165, 1.54) is 0 Å². The van der Waals surface area contributed by atoms with E-state index in [1.54, 1.807) is 6.07 Å². The fourth-order valence-corrected chi connectivity index (χ4v) is 2.32. The Labute approximate surface area is 122 Å². The van der Waals surface area contributed by atoms with E-state index < -0.39 is 0 Å². The highest BCUT2D eigenvalue weighted by molar-refractivity contribution is 6.34. The molecule has 0 heterocycles. The van der Waals surface area contributed by atoms with E-state index in [1.807, 2.05) is 36.4 Å². The Hall–Kier alpha value is -1.69. The van der Waals surface area contributed by atoms with Gasteiger partial charge in [-0.3, -0.25) is 0 Å². The number of hydrogen-bond donors (Lipinski definition) is 1. The zero-order valence-corrected chi connectivity index (χ0v) is 11.7. The molecular formula is C15H12Cl2N2. The molecule has 0 spiro atoms. The molecule has 0 radical (unpaired) electrons. The highest BCUT2D eigenvalue weighted by Gasteiger charge is 1.99. The predicted octanol–water partition coefficient (Wildman–Crippen LogP) is 4.67. The Morgan fingerprint density at radius 3 is 2.16 bits per heavy atom. The molecule has 0 atom stereocenters. The fourth-order valence-electron chi connectivity index (χ4n) is 1.75. The van der Waals surface area contributed by atoms with E-state index >= 15 is 0 Å². The van der Waals surface area contributed by atoms with Crippen LogP contribution in [-0.4, -0.2) is 0 Å². The Morgan fingerprint density at radius 2 is 1.58 bits per heavy atom. The zero-order valence-electron chi connectivity index (χ0n) is 10.2. The van der Waals surface area contributed by atoms with Crippen LogP contribution in [0.25, 0.3) is 0 Å². The first-order chi connectivity index (χ1) is 9.17. The molecule has 1 N–H and O–H groups in total. The SMILES string of the molecule is N#CCc1ccc(NCc2cc(Cl)cc(Cl)c2)cc1. The summed E-state index contributed by atoms with van der Waals surface area (Å²) in [4.78, 5) is 0. The first kappa shape index (κ1) is 13.7. The number of nitrogens with zero attached hydrogens (tertiary/aromatic N) is 1. The summed E-state index contributed by atoms with van der Waals surface area (Å²) in [5.74, 6) is 0. The van der Waals surface area contributed by atoms with Crippen molar-refractivity contribution in [3.8, 4) is 6.07 Å². The molecular weight excluding hydrogens is 279 g/mol. The number of benzene rings is 2. The van der Waals surface area contributed by atoms with Crippen LogP contribution < -0.4 is 5.32 Å². The van der Waals surface area contributed by atoms with E-state index in [0.29, 0.717) is 23.0 Å². The van der Waals surface area contributed by atoms with E-state index in [9.17, 15) is 0 Å². The van der Waals surface area contributed by atoms with E-state index in [2.05, 4.69) is 11.4 Å². The number of anilines is 1. The molecule has 0 aliphatic carbocycles. The molecule has 0 aliphatic heterocycles. The van der Waals surface area contributed by atoms with Gasteiger partial charge in [-0.15, -0.1) is 0 Å². The van der Waals surface area contributed by atoms with Gasteiger partial charge in [0.15, 0.2) is 0 Å². The molecule has 4 heteroatoms. The van der Waals surface area contributed by atoms with Gasteiger partial charge in [0.25, 0.3) is 0 Å². The normalized spacial score (nSPS) is 9.95. The van der Waals surface area contributed by atoms with Crippen LogP contribution in [0.15, 0.2) is 42.5 Å². The maximum atomic E-state index is 8.60. The standard InChI is InChI=1S/C15H12Cl2N2/c16-13-7-12(8-14(17)9-13)10-19-15-3-1-11(2-4-15)5-6-18/h1-4,7-9,19H,5,10H2. The summed E-state index contributed by atoms with van der Waals surface area (Å²) in [6.45, 7) is 0.651. The van der Waals surface area contributed by atoms with E-state index in [-0.39, 0.29) is 0 Å². The lowest BCUT2D eigenvalue weighted by Gasteiger charge is -2.08. The average molecular weight is 291 g/mol. The molecule has 0 bridgehead atoms. The lowest BCUT2D eigenvalue weighted by Crippen LogP contribution is -1.99. The molecule has 2 aromatic rings. The van der Waals surface area contributed by atoms with Gasteiger partial charge in [-0.05, 0) is 41.5 Å². The van der Waals surface area contributed by atoms with Crippen molar-refractivity contribution in [3.05, 3.63) is 63.6 Å². The van der Waals surface area contributed by atoms with Crippen molar-refractivity contribution < 1.29 is 0 Å². The summed E-state index contributed by atoms with van der Waals surface area (Å²) in [6, 6.07) is 15.4. The van der Waals surface area contributed by atoms with Crippen LogP contribution in [0.4, 0.5) is 5.69 Å². The molecule has 0 aliphatic rings. The summed E-state index contributed by atoms with van der Waals surface area (Å²) < 4.78 is 0. The van der Waals surface area contributed by atoms with Crippen LogP contribution >= 0.6 is 23.2 Å². The van der Waals surface area contributed by atoms with Crippen LogP contribution in [0.5, 0.6) is 0 Å². The molecule has 19 heavy (non-hydrogen) atoms. The Balaban J connectivity index is 2.00. The van der Waals surface area contributed by atoms with Crippen LogP contribution in [0.2, 0.25) is 10.0 Å². The molecule has 0 saturated heterocycles. The quantitative estimate of drug-likeness (QED) is 0.888. The minimum Gasteiger partial charge on any atom is -0.381 e. The maximum Gasteiger partial charge on any atom is 0.0669 e. The van der Waals surface area contributed by atoms with Crippen molar-refractivity contribution in [1.82, 2.24) is 0 Å². The number of rotatable bonds is 4. The summed E-state index contributed by atoms with van der Waals surface area (Å²) >= 11 is 11.9. The molecule has 2 aromatic carbocycles. The molecule has 0 saturated carbocycles. The minimum absolute atomic E-state index is 0.435. The summed E-state index contributed by atoms with van der Waals surface area (Å²) in [5, 5.41) is 13.2. The number of nitrogens with one attached hydrogen (secondary N) is 1. The van der Waals surface area contributed by atoms with Crippen molar-refractivity contribution in [2.75, 3.05) is 5.32 Å². The topological polar surface area (TPSA) is 35.8 Å². The molecule has 0 fully saturated rings. The van der Waals surface area contributed by atoms with Crippen molar-refractivity contribution in [3.63, 3.8) is 0 Å². The molecule has 0 aromatic heterocycles. The van der Waals surface area contributed by atoms with E-state index in [4.69, 9.17) is 28.5 Å². The van der Waals surface area contributed by atoms with Gasteiger partial charge in [-0.1, -0.05) is 35.3 Å². The van der Waals surface area contributed by atoms with Crippen LogP contribution in [0, 0.1) is 11.3 Å². The van der Waals surface area contributed by atoms with Crippen molar-refractivity contribution in [2.24, 2.45) is 0 Å². The highest BCUT2D eigenvalue weighted by Crippen LogP contribution is 2.20.